The number of ether oxygens (including phenoxy) is 1. The molecule has 2 fully saturated rings. The molecule has 0 spiro atoms. The number of benzene rings is 1. The first kappa shape index (κ1) is 24.1. The average molecular weight is 718 g/mol. The first-order chi connectivity index (χ1) is 16.3. The first-order valence-electron chi connectivity index (χ1n) is 11.5. The molecule has 1 aromatic carbocycles. The number of halogens is 3. The Balaban J connectivity index is 0.00000289. The molecule has 6 nitrogen and oxygen atoms in total. The molecular formula is C25H27CmF3N5O-. The molecule has 1 saturated heterocycles. The molecule has 0 bridgehead atoms. The number of hydrogen-bond donors (Lipinski definition) is 1. The molecule has 188 valence electrons. The maximum atomic E-state index is 15.4. The Hall–Kier alpha value is -4.07. The first-order valence-corrected chi connectivity index (χ1v) is 11.5. The van der Waals surface area contributed by atoms with E-state index in [2.05, 4.69) is 20.3 Å². The van der Waals surface area contributed by atoms with Crippen molar-refractivity contribution in [2.75, 3.05) is 32.1 Å². The molecular weight excluding hydrogens is 690 g/mol. The summed E-state index contributed by atoms with van der Waals surface area (Å²) < 4.78 is 50.6. The van der Waals surface area contributed by atoms with Gasteiger partial charge in [0.2, 0.25) is 0 Å². The van der Waals surface area contributed by atoms with Crippen LogP contribution in [0.2, 0.25) is 0 Å². The Kier molecular flexibility index (Phi) is 6.15. The third kappa shape index (κ3) is 4.51. The predicted molar refractivity (Wildman–Crippen MR) is 124 cm³/mol. The molecule has 0 radical (unpaired) electrons. The van der Waals surface area contributed by atoms with Crippen LogP contribution in [0.4, 0.5) is 19.0 Å². The third-order valence-electron chi connectivity index (χ3n) is 6.45. The second-order valence-corrected chi connectivity index (χ2v) is 9.05. The molecule has 10 heteroatoms. The van der Waals surface area contributed by atoms with Crippen molar-refractivity contribution in [1.29, 1.82) is 0 Å². The topological polar surface area (TPSA) is 63.2 Å². The van der Waals surface area contributed by atoms with Gasteiger partial charge in [-0.25, -0.2) is 14.4 Å². The summed E-state index contributed by atoms with van der Waals surface area (Å²) in [5.74, 6) is -1.44. The van der Waals surface area contributed by atoms with E-state index in [1.165, 1.54) is 24.1 Å². The summed E-state index contributed by atoms with van der Waals surface area (Å²) in [5.41, 5.74) is 0.952. The quantitative estimate of drug-likeness (QED) is 0.325. The number of methoxy groups -OCH3 is 1. The molecule has 35 heavy (non-hydrogen) atoms. The van der Waals surface area contributed by atoms with Gasteiger partial charge in [-0.15, -0.1) is 11.6 Å². The van der Waals surface area contributed by atoms with Crippen molar-refractivity contribution in [3.05, 3.63) is 58.5 Å². The molecule has 2 aromatic heterocycles. The summed E-state index contributed by atoms with van der Waals surface area (Å²) in [6.45, 7) is 4.24. The number of aryl methyl sites for hydroxylation is 1. The minimum Gasteiger partial charge on any atom is -0.537 e. The van der Waals surface area contributed by atoms with Gasteiger partial charge in [-0.2, -0.15) is 14.7 Å². The van der Waals surface area contributed by atoms with Crippen LogP contribution in [0.1, 0.15) is 54.7 Å². The van der Waals surface area contributed by atoms with Crippen molar-refractivity contribution in [2.45, 2.75) is 45.1 Å². The summed E-state index contributed by atoms with van der Waals surface area (Å²) in [6.07, 6.45) is 2.87. The standard InChI is InChI=1S/C25H27F3N5O.Cm/c1-14(17-6-4-7-20(21(17)26)25(27,28)13-33-10-5-11-33)29-22-19-12-18(16-8-9-16)24(34-3)32-23(19)31-15(2)30-22;/h4,6-7,12,14H,5,8-11,13H2,1-3H3,(H,29,30,31,32);/q-1;/t14-;/m1./s1. The number of pyridine rings is 1. The van der Waals surface area contributed by atoms with Crippen LogP contribution in [-0.2, 0) is 5.92 Å². The number of nitrogens with one attached hydrogen (secondary N) is 1. The fraction of sp³-hybridized carbons (Fsp3) is 0.440. The number of hydrogen-bond acceptors (Lipinski definition) is 6. The van der Waals surface area contributed by atoms with Gasteiger partial charge in [-0.3, -0.25) is 9.88 Å². The Labute approximate surface area is 196 Å². The van der Waals surface area contributed by atoms with Crippen LogP contribution in [-0.4, -0.2) is 46.6 Å². The Bertz CT molecular complexity index is 1230. The summed E-state index contributed by atoms with van der Waals surface area (Å²) in [5, 5.41) is 3.89. The van der Waals surface area contributed by atoms with Crippen molar-refractivity contribution in [1.82, 2.24) is 19.9 Å². The van der Waals surface area contributed by atoms with Gasteiger partial charge < -0.3 is 10.1 Å². The van der Waals surface area contributed by atoms with Gasteiger partial charge in [0.25, 0.3) is 5.92 Å². The number of anilines is 1. The van der Waals surface area contributed by atoms with Crippen LogP contribution in [0, 0.1) is 18.7 Å². The van der Waals surface area contributed by atoms with E-state index < -0.39 is 29.9 Å². The number of nitrogens with zero attached hydrogens (tertiary/aromatic N) is 4. The van der Waals surface area contributed by atoms with E-state index >= 15 is 4.39 Å². The van der Waals surface area contributed by atoms with Crippen LogP contribution in [0.15, 0.2) is 24.3 Å². The Morgan fingerprint density at radius 2 is 1.94 bits per heavy atom. The molecule has 1 aliphatic carbocycles. The monoisotopic (exact) mass is 713 g/mol. The molecule has 1 aliphatic heterocycles. The minimum atomic E-state index is -3.27. The summed E-state index contributed by atoms with van der Waals surface area (Å²) >= 11 is 0. The van der Waals surface area contributed by atoms with Gasteiger partial charge in [0.15, 0.2) is 0 Å². The van der Waals surface area contributed by atoms with Gasteiger partial charge in [-0.1, -0.05) is 31.0 Å². The summed E-state index contributed by atoms with van der Waals surface area (Å²) in [7, 11) is 1.57. The second kappa shape index (κ2) is 8.94. The van der Waals surface area contributed by atoms with Gasteiger partial charge >= 0.3 is 0 Å². The SMILES string of the molecule is COc1nc2nc(C)nc(N[C@H](C)c3cccc(C(F)(F)CN4CCC4)c3F)c2cc1[C-]1CC1.[Cm]. The molecule has 0 unspecified atom stereocenters. The number of rotatable bonds is 8. The van der Waals surface area contributed by atoms with Crippen LogP contribution < -0.4 is 10.1 Å². The second-order valence-electron chi connectivity index (χ2n) is 9.05. The molecule has 3 heterocycles. The van der Waals surface area contributed by atoms with Gasteiger partial charge in [-0.05, 0) is 33.4 Å². The van der Waals surface area contributed by atoms with Crippen molar-refractivity contribution >= 4 is 16.9 Å². The van der Waals surface area contributed by atoms with Crippen molar-refractivity contribution in [3.63, 3.8) is 0 Å². The van der Waals surface area contributed by atoms with Crippen LogP contribution in [0.25, 0.3) is 11.0 Å². The summed E-state index contributed by atoms with van der Waals surface area (Å²) in [4.78, 5) is 15.1. The van der Waals surface area contributed by atoms with Gasteiger partial charge in [0.1, 0.15) is 29.0 Å². The fourth-order valence-electron chi connectivity index (χ4n) is 4.35. The fourth-order valence-corrected chi connectivity index (χ4v) is 4.35. The van der Waals surface area contributed by atoms with Crippen molar-refractivity contribution in [2.24, 2.45) is 0 Å². The van der Waals surface area contributed by atoms with E-state index in [9.17, 15) is 8.78 Å². The largest absolute Gasteiger partial charge is 0.537 e. The average Bonchev–Trinajstić information content (AvgIpc) is 3.60. The Morgan fingerprint density at radius 1 is 1.20 bits per heavy atom. The number of fused-ring (bicyclic) bond motifs is 1. The molecule has 1 N–H and O–H groups in total. The Morgan fingerprint density at radius 3 is 2.57 bits per heavy atom. The van der Waals surface area contributed by atoms with E-state index in [4.69, 9.17) is 4.74 Å². The van der Waals surface area contributed by atoms with Gasteiger partial charge in [0.05, 0.1) is 25.3 Å². The van der Waals surface area contributed by atoms with E-state index in [1.54, 1.807) is 25.9 Å². The zero-order valence-corrected chi connectivity index (χ0v) is 22.8. The maximum absolute atomic E-state index is 15.4. The van der Waals surface area contributed by atoms with E-state index in [0.717, 1.165) is 24.8 Å². The molecule has 3 aromatic rings. The number of aromatic nitrogens is 3. The number of alkyl halides is 2. The van der Waals surface area contributed by atoms with E-state index in [-0.39, 0.29) is 5.56 Å². The molecule has 1 atom stereocenters. The number of likely N-dealkylation sites (tertiary alicyclic amines) is 1. The predicted octanol–water partition coefficient (Wildman–Crippen LogP) is 5.17. The molecule has 0 amide bonds. The van der Waals surface area contributed by atoms with E-state index in [1.807, 2.05) is 6.07 Å². The smallest absolute Gasteiger partial charge is 0.288 e. The molecule has 5 rings (SSSR count). The van der Waals surface area contributed by atoms with Crippen molar-refractivity contribution < 1.29 is 17.9 Å². The zero-order chi connectivity index (χ0) is 24.0. The van der Waals surface area contributed by atoms with Crippen molar-refractivity contribution in [3.8, 4) is 5.88 Å². The minimum absolute atomic E-state index is 0. The maximum Gasteiger partial charge on any atom is 0.288 e. The third-order valence-corrected chi connectivity index (χ3v) is 6.45. The van der Waals surface area contributed by atoms with Crippen LogP contribution in [0.5, 0.6) is 5.88 Å². The van der Waals surface area contributed by atoms with Crippen LogP contribution in [0.3, 0.4) is 0 Å². The molecule has 2 aliphatic rings. The zero-order valence-electron chi connectivity index (χ0n) is 19.8. The molecule has 1 saturated carbocycles. The van der Waals surface area contributed by atoms with Gasteiger partial charge in [0, 0.05) is 10.9 Å². The normalized spacial score (nSPS) is 16.5. The summed E-state index contributed by atoms with van der Waals surface area (Å²) in [6, 6.07) is 5.50. The van der Waals surface area contributed by atoms with Crippen LogP contribution >= 0.6 is 0 Å². The van der Waals surface area contributed by atoms with E-state index in [0.29, 0.717) is 41.6 Å².